The van der Waals surface area contributed by atoms with Gasteiger partial charge in [-0.2, -0.15) is 0 Å². The average Bonchev–Trinajstić information content (AvgIpc) is 2.71. The van der Waals surface area contributed by atoms with Crippen molar-refractivity contribution in [3.8, 4) is 0 Å². The van der Waals surface area contributed by atoms with Crippen molar-refractivity contribution >= 4 is 23.0 Å². The van der Waals surface area contributed by atoms with E-state index in [0.717, 1.165) is 42.1 Å². The fourth-order valence-electron chi connectivity index (χ4n) is 3.20. The molecule has 2 aromatic rings. The number of rotatable bonds is 4. The third kappa shape index (κ3) is 4.67. The van der Waals surface area contributed by atoms with Crippen molar-refractivity contribution in [1.29, 1.82) is 0 Å². The van der Waals surface area contributed by atoms with Crippen LogP contribution >= 0.6 is 0 Å². The van der Waals surface area contributed by atoms with Crippen LogP contribution < -0.4 is 5.32 Å². The molecule has 144 valence electrons. The number of amides is 1. The molecule has 0 spiro atoms. The molecule has 1 aliphatic rings. The van der Waals surface area contributed by atoms with Crippen LogP contribution in [0.4, 0.5) is 4.79 Å². The van der Waals surface area contributed by atoms with Gasteiger partial charge >= 0.3 is 6.09 Å². The minimum atomic E-state index is -0.235. The number of hydrogen-bond acceptors (Lipinski definition) is 4. The molecule has 1 N–H and O–H groups in total. The summed E-state index contributed by atoms with van der Waals surface area (Å²) in [5, 5.41) is 4.48. The van der Waals surface area contributed by atoms with Crippen LogP contribution in [0.15, 0.2) is 41.5 Å². The summed E-state index contributed by atoms with van der Waals surface area (Å²) in [5.74, 6) is 0.869. The van der Waals surface area contributed by atoms with Crippen LogP contribution in [0.3, 0.4) is 0 Å². The maximum Gasteiger partial charge on any atom is 0.409 e. The van der Waals surface area contributed by atoms with E-state index in [9.17, 15) is 4.79 Å². The number of pyridine rings is 1. The Morgan fingerprint density at radius 2 is 1.89 bits per heavy atom. The van der Waals surface area contributed by atoms with Gasteiger partial charge in [0, 0.05) is 44.3 Å². The molecule has 0 unspecified atom stereocenters. The predicted octanol–water partition coefficient (Wildman–Crippen LogP) is 2.47. The van der Waals surface area contributed by atoms with Crippen LogP contribution in [0, 0.1) is 0 Å². The number of nitrogens with zero attached hydrogens (tertiary/aromatic N) is 4. The quantitative estimate of drug-likeness (QED) is 0.662. The number of hydrogen-bond donors (Lipinski definition) is 1. The first kappa shape index (κ1) is 18.9. The molecular weight excluding hydrogens is 342 g/mol. The van der Waals surface area contributed by atoms with Crippen LogP contribution in [-0.2, 0) is 11.3 Å². The van der Waals surface area contributed by atoms with Crippen molar-refractivity contribution in [3.05, 3.63) is 42.1 Å². The summed E-state index contributed by atoms with van der Waals surface area (Å²) in [4.78, 5) is 25.1. The molecule has 7 heteroatoms. The molecule has 1 fully saturated rings. The van der Waals surface area contributed by atoms with Gasteiger partial charge in [0.2, 0.25) is 0 Å². The SMILES string of the molecule is CCNC(=NCc1cccc2cccnc12)N1CCN(C(=O)OCC)CC1. The molecule has 0 atom stereocenters. The largest absolute Gasteiger partial charge is 0.450 e. The first-order valence-electron chi connectivity index (χ1n) is 9.50. The fourth-order valence-corrected chi connectivity index (χ4v) is 3.20. The smallest absolute Gasteiger partial charge is 0.409 e. The second-order valence-corrected chi connectivity index (χ2v) is 6.34. The van der Waals surface area contributed by atoms with Crippen LogP contribution in [0.2, 0.25) is 0 Å². The van der Waals surface area contributed by atoms with E-state index in [-0.39, 0.29) is 6.09 Å². The second kappa shape index (κ2) is 9.21. The standard InChI is InChI=1S/C20H27N5O2/c1-3-21-19(24-11-13-25(14-12-24)20(26)27-4-2)23-15-17-8-5-7-16-9-6-10-22-18(16)17/h5-10H,3-4,11-15H2,1-2H3,(H,21,23). The van der Waals surface area contributed by atoms with Gasteiger partial charge in [-0.05, 0) is 25.5 Å². The van der Waals surface area contributed by atoms with Gasteiger partial charge in [0.25, 0.3) is 0 Å². The zero-order valence-corrected chi connectivity index (χ0v) is 16.0. The molecule has 3 rings (SSSR count). The van der Waals surface area contributed by atoms with Crippen molar-refractivity contribution in [2.45, 2.75) is 20.4 Å². The Hall–Kier alpha value is -2.83. The second-order valence-electron chi connectivity index (χ2n) is 6.34. The number of nitrogens with one attached hydrogen (secondary N) is 1. The Morgan fingerprint density at radius 1 is 1.15 bits per heavy atom. The van der Waals surface area contributed by atoms with Gasteiger partial charge < -0.3 is 19.9 Å². The Labute approximate surface area is 160 Å². The van der Waals surface area contributed by atoms with E-state index in [4.69, 9.17) is 9.73 Å². The van der Waals surface area contributed by atoms with Gasteiger partial charge in [0.15, 0.2) is 5.96 Å². The summed E-state index contributed by atoms with van der Waals surface area (Å²) in [6, 6.07) is 10.2. The van der Waals surface area contributed by atoms with Gasteiger partial charge in [-0.15, -0.1) is 0 Å². The number of carbonyl (C=O) groups excluding carboxylic acids is 1. The first-order valence-corrected chi connectivity index (χ1v) is 9.50. The molecule has 1 amide bonds. The Balaban J connectivity index is 1.69. The van der Waals surface area contributed by atoms with Crippen molar-refractivity contribution in [2.24, 2.45) is 4.99 Å². The van der Waals surface area contributed by atoms with E-state index in [1.54, 1.807) is 4.90 Å². The molecule has 1 aliphatic heterocycles. The number of fused-ring (bicyclic) bond motifs is 1. The molecule has 7 nitrogen and oxygen atoms in total. The summed E-state index contributed by atoms with van der Waals surface area (Å²) in [7, 11) is 0. The molecule has 1 saturated heterocycles. The van der Waals surface area contributed by atoms with Crippen molar-refractivity contribution in [2.75, 3.05) is 39.3 Å². The Kier molecular flexibility index (Phi) is 6.46. The molecule has 1 aromatic carbocycles. The number of ether oxygens (including phenoxy) is 1. The van der Waals surface area contributed by atoms with E-state index >= 15 is 0 Å². The van der Waals surface area contributed by atoms with Crippen LogP contribution in [0.5, 0.6) is 0 Å². The number of para-hydroxylation sites is 1. The number of aromatic nitrogens is 1. The molecule has 2 heterocycles. The Bertz CT molecular complexity index is 795. The molecule has 27 heavy (non-hydrogen) atoms. The predicted molar refractivity (Wildman–Crippen MR) is 107 cm³/mol. The highest BCUT2D eigenvalue weighted by atomic mass is 16.6. The zero-order chi connectivity index (χ0) is 19.1. The number of aliphatic imine (C=N–C) groups is 1. The van der Waals surface area contributed by atoms with Crippen LogP contribution in [0.1, 0.15) is 19.4 Å². The third-order valence-corrected chi connectivity index (χ3v) is 4.56. The number of piperazine rings is 1. The fraction of sp³-hybridized carbons (Fsp3) is 0.450. The van der Waals surface area contributed by atoms with E-state index in [1.165, 1.54) is 0 Å². The number of guanidine groups is 1. The monoisotopic (exact) mass is 369 g/mol. The van der Waals surface area contributed by atoms with Crippen molar-refractivity contribution in [1.82, 2.24) is 20.1 Å². The van der Waals surface area contributed by atoms with Gasteiger partial charge in [-0.1, -0.05) is 24.3 Å². The summed E-state index contributed by atoms with van der Waals surface area (Å²) in [6.07, 6.45) is 1.58. The van der Waals surface area contributed by atoms with E-state index in [2.05, 4.69) is 40.3 Å². The van der Waals surface area contributed by atoms with Gasteiger partial charge in [-0.25, -0.2) is 9.79 Å². The van der Waals surface area contributed by atoms with Crippen molar-refractivity contribution in [3.63, 3.8) is 0 Å². The lowest BCUT2D eigenvalue weighted by Crippen LogP contribution is -2.53. The highest BCUT2D eigenvalue weighted by molar-refractivity contribution is 5.83. The molecule has 0 saturated carbocycles. The minimum Gasteiger partial charge on any atom is -0.450 e. The highest BCUT2D eigenvalue weighted by Gasteiger charge is 2.23. The zero-order valence-electron chi connectivity index (χ0n) is 16.0. The summed E-state index contributed by atoms with van der Waals surface area (Å²) in [6.45, 7) is 8.40. The van der Waals surface area contributed by atoms with Crippen molar-refractivity contribution < 1.29 is 9.53 Å². The lowest BCUT2D eigenvalue weighted by atomic mass is 10.1. The summed E-state index contributed by atoms with van der Waals surface area (Å²) < 4.78 is 5.09. The third-order valence-electron chi connectivity index (χ3n) is 4.56. The normalized spacial score (nSPS) is 15.1. The van der Waals surface area contributed by atoms with E-state index in [0.29, 0.717) is 26.2 Å². The number of benzene rings is 1. The maximum absolute atomic E-state index is 11.9. The Morgan fingerprint density at radius 3 is 2.63 bits per heavy atom. The van der Waals surface area contributed by atoms with Gasteiger partial charge in [0.05, 0.1) is 18.7 Å². The van der Waals surface area contributed by atoms with E-state index in [1.807, 2.05) is 25.3 Å². The van der Waals surface area contributed by atoms with Crippen LogP contribution in [-0.4, -0.2) is 66.2 Å². The lowest BCUT2D eigenvalue weighted by Gasteiger charge is -2.35. The topological polar surface area (TPSA) is 70.1 Å². The molecule has 1 aromatic heterocycles. The molecule has 0 aliphatic carbocycles. The molecule has 0 radical (unpaired) electrons. The minimum absolute atomic E-state index is 0.235. The number of carbonyl (C=O) groups is 1. The summed E-state index contributed by atoms with van der Waals surface area (Å²) >= 11 is 0. The van der Waals surface area contributed by atoms with Gasteiger partial charge in [-0.3, -0.25) is 4.98 Å². The van der Waals surface area contributed by atoms with E-state index < -0.39 is 0 Å². The molecule has 0 bridgehead atoms. The van der Waals surface area contributed by atoms with Crippen LogP contribution in [0.25, 0.3) is 10.9 Å². The molecular formula is C20H27N5O2. The lowest BCUT2D eigenvalue weighted by molar-refractivity contribution is 0.0914. The first-order chi connectivity index (χ1) is 13.2. The maximum atomic E-state index is 11.9. The van der Waals surface area contributed by atoms with Gasteiger partial charge in [0.1, 0.15) is 0 Å². The highest BCUT2D eigenvalue weighted by Crippen LogP contribution is 2.17. The average molecular weight is 369 g/mol. The summed E-state index contributed by atoms with van der Waals surface area (Å²) in [5.41, 5.74) is 2.10.